The summed E-state index contributed by atoms with van der Waals surface area (Å²) in [4.78, 5) is 28.9. The highest BCUT2D eigenvalue weighted by Crippen LogP contribution is 2.31. The fraction of sp³-hybridized carbons (Fsp3) is 0.261. The van der Waals surface area contributed by atoms with E-state index in [1.807, 2.05) is 24.3 Å². The average molecular weight is 422 g/mol. The highest BCUT2D eigenvalue weighted by Gasteiger charge is 2.35. The van der Waals surface area contributed by atoms with Gasteiger partial charge in [-0.15, -0.1) is 0 Å². The number of H-pyrrole nitrogens is 1. The highest BCUT2D eigenvalue weighted by molar-refractivity contribution is 6.02. The number of hydrogen-bond donors (Lipinski definition) is 1. The van der Waals surface area contributed by atoms with Gasteiger partial charge in [0.05, 0.1) is 5.52 Å². The molecule has 0 unspecified atom stereocenters. The summed E-state index contributed by atoms with van der Waals surface area (Å²) < 4.78 is 28.5. The molecule has 0 spiro atoms. The third kappa shape index (κ3) is 3.37. The number of nitrogens with one attached hydrogen (secondary N) is 1. The van der Waals surface area contributed by atoms with Crippen LogP contribution >= 0.6 is 0 Å². The van der Waals surface area contributed by atoms with Gasteiger partial charge in [0.1, 0.15) is 5.69 Å². The van der Waals surface area contributed by atoms with E-state index in [-0.39, 0.29) is 37.4 Å². The molecule has 4 aromatic rings. The monoisotopic (exact) mass is 422 g/mol. The summed E-state index contributed by atoms with van der Waals surface area (Å²) in [5.41, 5.74) is 2.69. The first kappa shape index (κ1) is 19.4. The van der Waals surface area contributed by atoms with Crippen LogP contribution in [0.3, 0.4) is 0 Å². The maximum Gasteiger partial charge on any atom is 0.255 e. The summed E-state index contributed by atoms with van der Waals surface area (Å²) in [5.74, 6) is -2.94. The third-order valence-corrected chi connectivity index (χ3v) is 5.93. The second kappa shape index (κ2) is 7.01. The van der Waals surface area contributed by atoms with E-state index in [9.17, 15) is 18.4 Å². The minimum Gasteiger partial charge on any atom is -0.338 e. The molecule has 0 saturated carbocycles. The number of carbonyl (C=O) groups excluding carboxylic acids is 1. The Balaban J connectivity index is 1.51. The maximum atomic E-state index is 13.4. The number of nitrogens with zero attached hydrogens (tertiary/aromatic N) is 3. The molecule has 0 bridgehead atoms. The smallest absolute Gasteiger partial charge is 0.255 e. The first-order valence-corrected chi connectivity index (χ1v) is 10.1. The molecule has 0 atom stereocenters. The minimum absolute atomic E-state index is 0.0523. The van der Waals surface area contributed by atoms with Crippen LogP contribution < -0.4 is 5.56 Å². The molecule has 2 aromatic carbocycles. The number of pyridine rings is 1. The molecule has 3 heterocycles. The molecule has 5 rings (SSSR count). The summed E-state index contributed by atoms with van der Waals surface area (Å²) >= 11 is 0. The van der Waals surface area contributed by atoms with Crippen LogP contribution in [0.15, 0.2) is 53.5 Å². The van der Waals surface area contributed by atoms with Crippen LogP contribution in [0.4, 0.5) is 8.78 Å². The lowest BCUT2D eigenvalue weighted by molar-refractivity contribution is -0.0494. The highest BCUT2D eigenvalue weighted by atomic mass is 19.3. The van der Waals surface area contributed by atoms with E-state index in [1.165, 1.54) is 4.90 Å². The van der Waals surface area contributed by atoms with Crippen LogP contribution in [0.25, 0.3) is 32.9 Å². The number of aromatic nitrogens is 3. The van der Waals surface area contributed by atoms with Gasteiger partial charge in [-0.3, -0.25) is 14.3 Å². The first-order valence-electron chi connectivity index (χ1n) is 10.1. The molecule has 1 saturated heterocycles. The number of rotatable bonds is 2. The summed E-state index contributed by atoms with van der Waals surface area (Å²) in [6.07, 6.45) is 1.00. The standard InChI is InChI=1S/C23H20F2N4O2/c1-28-19-13-16(22(31)29-10-7-23(24,25)8-11-29)3-5-18(19)20(27-28)15-2-4-17-14(12-15)6-9-26-21(17)30/h2-6,9,12-13H,7-8,10-11H2,1H3,(H,26,30). The lowest BCUT2D eigenvalue weighted by atomic mass is 10.0. The Hall–Kier alpha value is -3.55. The Kier molecular flexibility index (Phi) is 4.39. The molecule has 31 heavy (non-hydrogen) atoms. The molecule has 0 radical (unpaired) electrons. The van der Waals surface area contributed by atoms with Crippen molar-refractivity contribution < 1.29 is 13.6 Å². The number of hydrogen-bond acceptors (Lipinski definition) is 3. The van der Waals surface area contributed by atoms with E-state index in [4.69, 9.17) is 0 Å². The maximum absolute atomic E-state index is 13.4. The van der Waals surface area contributed by atoms with E-state index in [2.05, 4.69) is 10.1 Å². The fourth-order valence-corrected chi connectivity index (χ4v) is 4.16. The predicted molar refractivity (Wildman–Crippen MR) is 114 cm³/mol. The Morgan fingerprint density at radius 1 is 1.06 bits per heavy atom. The van der Waals surface area contributed by atoms with Crippen molar-refractivity contribution in [2.45, 2.75) is 18.8 Å². The number of aromatic amines is 1. The van der Waals surface area contributed by atoms with Crippen LogP contribution in [0.1, 0.15) is 23.2 Å². The quantitative estimate of drug-likeness (QED) is 0.532. The van der Waals surface area contributed by atoms with Crippen molar-refractivity contribution in [3.8, 4) is 11.3 Å². The Labute approximate surface area is 176 Å². The second-order valence-corrected chi connectivity index (χ2v) is 7.96. The fourth-order valence-electron chi connectivity index (χ4n) is 4.16. The first-order chi connectivity index (χ1) is 14.8. The van der Waals surface area contributed by atoms with Crippen LogP contribution in [0, 0.1) is 0 Å². The molecule has 1 fully saturated rings. The number of halogens is 2. The van der Waals surface area contributed by atoms with Crippen LogP contribution in [0.5, 0.6) is 0 Å². The molecule has 8 heteroatoms. The number of benzene rings is 2. The van der Waals surface area contributed by atoms with E-state index in [1.54, 1.807) is 36.1 Å². The van der Waals surface area contributed by atoms with Crippen molar-refractivity contribution in [1.82, 2.24) is 19.7 Å². The lowest BCUT2D eigenvalue weighted by Crippen LogP contribution is -2.42. The number of piperidine rings is 1. The number of amides is 1. The van der Waals surface area contributed by atoms with Crippen molar-refractivity contribution >= 4 is 27.6 Å². The van der Waals surface area contributed by atoms with Gasteiger partial charge in [0.25, 0.3) is 17.4 Å². The van der Waals surface area contributed by atoms with Gasteiger partial charge in [-0.25, -0.2) is 8.78 Å². The molecule has 6 nitrogen and oxygen atoms in total. The van der Waals surface area contributed by atoms with Crippen LogP contribution in [-0.2, 0) is 7.05 Å². The Morgan fingerprint density at radius 2 is 1.81 bits per heavy atom. The molecule has 1 aliphatic heterocycles. The SMILES string of the molecule is Cn1nc(-c2ccc3c(=O)[nH]ccc3c2)c2ccc(C(=O)N3CCC(F)(F)CC3)cc21. The van der Waals surface area contributed by atoms with E-state index < -0.39 is 5.92 Å². The summed E-state index contributed by atoms with van der Waals surface area (Å²) in [6, 6.07) is 12.7. The zero-order valence-corrected chi connectivity index (χ0v) is 16.9. The zero-order valence-electron chi connectivity index (χ0n) is 16.9. The minimum atomic E-state index is -2.69. The van der Waals surface area contributed by atoms with E-state index >= 15 is 0 Å². The molecular formula is C23H20F2N4O2. The number of alkyl halides is 2. The number of fused-ring (bicyclic) bond motifs is 2. The van der Waals surface area contributed by atoms with Crippen molar-refractivity contribution in [3.63, 3.8) is 0 Å². The third-order valence-electron chi connectivity index (χ3n) is 5.93. The van der Waals surface area contributed by atoms with Crippen molar-refractivity contribution in [3.05, 3.63) is 64.6 Å². The van der Waals surface area contributed by atoms with Gasteiger partial charge in [0.2, 0.25) is 0 Å². The lowest BCUT2D eigenvalue weighted by Gasteiger charge is -2.31. The van der Waals surface area contributed by atoms with Gasteiger partial charge in [-0.05, 0) is 41.8 Å². The van der Waals surface area contributed by atoms with Gasteiger partial charge in [-0.2, -0.15) is 5.10 Å². The zero-order chi connectivity index (χ0) is 21.8. The van der Waals surface area contributed by atoms with Crippen molar-refractivity contribution in [2.24, 2.45) is 7.05 Å². The second-order valence-electron chi connectivity index (χ2n) is 7.96. The van der Waals surface area contributed by atoms with E-state index in [0.717, 1.165) is 27.5 Å². The number of aryl methyl sites for hydroxylation is 1. The van der Waals surface area contributed by atoms with Gasteiger partial charge < -0.3 is 9.88 Å². The van der Waals surface area contributed by atoms with Gasteiger partial charge in [0.15, 0.2) is 0 Å². The topological polar surface area (TPSA) is 71.0 Å². The number of likely N-dealkylation sites (tertiary alicyclic amines) is 1. The number of carbonyl (C=O) groups is 1. The van der Waals surface area contributed by atoms with Crippen molar-refractivity contribution in [1.29, 1.82) is 0 Å². The predicted octanol–water partition coefficient (Wildman–Crippen LogP) is 3.95. The van der Waals surface area contributed by atoms with Gasteiger partial charge in [-0.1, -0.05) is 6.07 Å². The average Bonchev–Trinajstić information content (AvgIpc) is 3.09. The molecule has 158 valence electrons. The molecular weight excluding hydrogens is 402 g/mol. The molecule has 1 aliphatic rings. The largest absolute Gasteiger partial charge is 0.338 e. The summed E-state index contributed by atoms with van der Waals surface area (Å²) in [6.45, 7) is 0.105. The summed E-state index contributed by atoms with van der Waals surface area (Å²) in [5, 5.41) is 6.91. The van der Waals surface area contributed by atoms with Gasteiger partial charge >= 0.3 is 0 Å². The van der Waals surface area contributed by atoms with Crippen LogP contribution in [-0.4, -0.2) is 44.6 Å². The Bertz CT molecular complexity index is 1380. The van der Waals surface area contributed by atoms with Crippen molar-refractivity contribution in [2.75, 3.05) is 13.1 Å². The van der Waals surface area contributed by atoms with E-state index in [0.29, 0.717) is 10.9 Å². The molecule has 0 aliphatic carbocycles. The molecule has 1 N–H and O–H groups in total. The molecule has 2 aromatic heterocycles. The van der Waals surface area contributed by atoms with Gasteiger partial charge in [0, 0.05) is 61.1 Å². The summed E-state index contributed by atoms with van der Waals surface area (Å²) in [7, 11) is 1.80. The molecule has 1 amide bonds. The normalized spacial score (nSPS) is 16.2. The van der Waals surface area contributed by atoms with Crippen LogP contribution in [0.2, 0.25) is 0 Å². The Morgan fingerprint density at radius 3 is 2.58 bits per heavy atom.